The van der Waals surface area contributed by atoms with Crippen LogP contribution in [0.4, 0.5) is 0 Å². The van der Waals surface area contributed by atoms with E-state index in [1.807, 2.05) is 0 Å². The summed E-state index contributed by atoms with van der Waals surface area (Å²) in [4.78, 5) is 11.9. The average Bonchev–Trinajstić information content (AvgIpc) is 3.05. The van der Waals surface area contributed by atoms with Crippen LogP contribution in [0, 0.1) is 0 Å². The zero-order valence-corrected chi connectivity index (χ0v) is 13.2. The Morgan fingerprint density at radius 2 is 2.29 bits per heavy atom. The van der Waals surface area contributed by atoms with Gasteiger partial charge in [0.1, 0.15) is 5.82 Å². The van der Waals surface area contributed by atoms with Crippen molar-refractivity contribution < 1.29 is 9.53 Å². The summed E-state index contributed by atoms with van der Waals surface area (Å²) in [5, 5.41) is 12.3. The van der Waals surface area contributed by atoms with E-state index in [0.717, 1.165) is 37.0 Å². The van der Waals surface area contributed by atoms with Crippen molar-refractivity contribution in [2.24, 2.45) is 0 Å². The molecule has 0 aromatic carbocycles. The first kappa shape index (κ1) is 14.8. The fourth-order valence-electron chi connectivity index (χ4n) is 2.56. The number of thioether (sulfide) groups is 1. The Labute approximate surface area is 129 Å². The topological polar surface area (TPSA) is 69.0 Å². The maximum Gasteiger partial charge on any atom is 0.230 e. The molecule has 1 aromatic heterocycles. The van der Waals surface area contributed by atoms with Crippen LogP contribution in [0.25, 0.3) is 0 Å². The predicted octanol–water partition coefficient (Wildman–Crippen LogP) is 1.56. The minimum absolute atomic E-state index is 0.0362. The van der Waals surface area contributed by atoms with Crippen molar-refractivity contribution in [2.75, 3.05) is 18.9 Å². The smallest absolute Gasteiger partial charge is 0.230 e. The van der Waals surface area contributed by atoms with E-state index in [4.69, 9.17) is 4.74 Å². The van der Waals surface area contributed by atoms with Crippen LogP contribution in [0.15, 0.2) is 5.16 Å². The van der Waals surface area contributed by atoms with Crippen molar-refractivity contribution in [1.82, 2.24) is 20.1 Å². The van der Waals surface area contributed by atoms with Gasteiger partial charge in [0.25, 0.3) is 0 Å². The molecule has 1 saturated carbocycles. The van der Waals surface area contributed by atoms with Gasteiger partial charge in [-0.25, -0.2) is 0 Å². The highest BCUT2D eigenvalue weighted by Gasteiger charge is 2.30. The van der Waals surface area contributed by atoms with Gasteiger partial charge in [0.05, 0.1) is 11.9 Å². The number of ether oxygens (including phenoxy) is 1. The molecule has 0 unspecified atom stereocenters. The van der Waals surface area contributed by atoms with Gasteiger partial charge >= 0.3 is 0 Å². The highest BCUT2D eigenvalue weighted by molar-refractivity contribution is 7.99. The van der Waals surface area contributed by atoms with Crippen molar-refractivity contribution >= 4 is 17.7 Å². The molecule has 2 aliphatic rings. The summed E-state index contributed by atoms with van der Waals surface area (Å²) in [6, 6.07) is 0. The average molecular weight is 310 g/mol. The van der Waals surface area contributed by atoms with E-state index in [2.05, 4.69) is 27.0 Å². The molecule has 2 fully saturated rings. The van der Waals surface area contributed by atoms with E-state index in [0.29, 0.717) is 18.2 Å². The highest BCUT2D eigenvalue weighted by Crippen LogP contribution is 2.39. The molecule has 1 aromatic rings. The lowest BCUT2D eigenvalue weighted by molar-refractivity contribution is -0.119. The van der Waals surface area contributed by atoms with Crippen molar-refractivity contribution in [3.63, 3.8) is 0 Å². The third-order valence-electron chi connectivity index (χ3n) is 3.89. The van der Waals surface area contributed by atoms with Gasteiger partial charge in [0, 0.05) is 25.6 Å². The molecular formula is C14H22N4O2S. The van der Waals surface area contributed by atoms with Crippen molar-refractivity contribution in [3.05, 3.63) is 5.82 Å². The number of aromatic nitrogens is 3. The third-order valence-corrected chi connectivity index (χ3v) is 4.85. The van der Waals surface area contributed by atoms with Crippen LogP contribution in [-0.4, -0.2) is 45.7 Å². The number of rotatable bonds is 7. The summed E-state index contributed by atoms with van der Waals surface area (Å²) in [7, 11) is 0. The first-order chi connectivity index (χ1) is 10.3. The van der Waals surface area contributed by atoms with Gasteiger partial charge in [-0.2, -0.15) is 0 Å². The SMILES string of the molecule is CCn1c(SCC(=O)NC[C@@H]2CCCO2)nnc1C1CC1. The summed E-state index contributed by atoms with van der Waals surface area (Å²) < 4.78 is 7.63. The molecule has 7 heteroatoms. The molecule has 21 heavy (non-hydrogen) atoms. The van der Waals surface area contributed by atoms with E-state index in [1.54, 1.807) is 0 Å². The van der Waals surface area contributed by atoms with Gasteiger partial charge in [0.2, 0.25) is 5.91 Å². The molecule has 3 rings (SSSR count). The summed E-state index contributed by atoms with van der Waals surface area (Å²) >= 11 is 1.46. The molecule has 1 N–H and O–H groups in total. The Balaban J connectivity index is 1.46. The van der Waals surface area contributed by atoms with Crippen LogP contribution in [0.5, 0.6) is 0 Å². The van der Waals surface area contributed by atoms with Crippen LogP contribution in [0.1, 0.15) is 44.3 Å². The molecule has 1 atom stereocenters. The Morgan fingerprint density at radius 1 is 1.43 bits per heavy atom. The largest absolute Gasteiger partial charge is 0.376 e. The number of amides is 1. The summed E-state index contributed by atoms with van der Waals surface area (Å²) in [6.45, 7) is 4.39. The Hall–Kier alpha value is -1.08. The second-order valence-electron chi connectivity index (χ2n) is 5.59. The fraction of sp³-hybridized carbons (Fsp3) is 0.786. The molecular weight excluding hydrogens is 288 g/mol. The Morgan fingerprint density at radius 3 is 2.95 bits per heavy atom. The van der Waals surface area contributed by atoms with Crippen molar-refractivity contribution in [1.29, 1.82) is 0 Å². The second-order valence-corrected chi connectivity index (χ2v) is 6.53. The molecule has 116 valence electrons. The van der Waals surface area contributed by atoms with Crippen LogP contribution in [0.3, 0.4) is 0 Å². The molecule has 2 heterocycles. The first-order valence-electron chi connectivity index (χ1n) is 7.72. The van der Waals surface area contributed by atoms with Gasteiger partial charge < -0.3 is 14.6 Å². The maximum atomic E-state index is 11.9. The molecule has 1 aliphatic heterocycles. The number of nitrogens with one attached hydrogen (secondary N) is 1. The zero-order chi connectivity index (χ0) is 14.7. The molecule has 0 spiro atoms. The second kappa shape index (κ2) is 6.79. The van der Waals surface area contributed by atoms with Gasteiger partial charge in [0.15, 0.2) is 5.16 Å². The number of hydrogen-bond donors (Lipinski definition) is 1. The van der Waals surface area contributed by atoms with Gasteiger partial charge in [-0.15, -0.1) is 10.2 Å². The van der Waals surface area contributed by atoms with Crippen molar-refractivity contribution in [3.8, 4) is 0 Å². The summed E-state index contributed by atoms with van der Waals surface area (Å²) in [6.07, 6.45) is 4.76. The van der Waals surface area contributed by atoms with E-state index in [1.165, 1.54) is 24.6 Å². The van der Waals surface area contributed by atoms with Gasteiger partial charge in [-0.05, 0) is 32.6 Å². The summed E-state index contributed by atoms with van der Waals surface area (Å²) in [5.74, 6) is 2.09. The third kappa shape index (κ3) is 3.77. The Kier molecular flexibility index (Phi) is 4.80. The van der Waals surface area contributed by atoms with Crippen LogP contribution < -0.4 is 5.32 Å². The fourth-order valence-corrected chi connectivity index (χ4v) is 3.40. The number of carbonyl (C=O) groups is 1. The van der Waals surface area contributed by atoms with E-state index >= 15 is 0 Å². The van der Waals surface area contributed by atoms with E-state index in [-0.39, 0.29) is 12.0 Å². The molecule has 1 amide bonds. The van der Waals surface area contributed by atoms with E-state index in [9.17, 15) is 4.79 Å². The van der Waals surface area contributed by atoms with Crippen LogP contribution >= 0.6 is 11.8 Å². The van der Waals surface area contributed by atoms with Crippen LogP contribution in [-0.2, 0) is 16.1 Å². The monoisotopic (exact) mass is 310 g/mol. The molecule has 1 aliphatic carbocycles. The number of nitrogens with zero attached hydrogens (tertiary/aromatic N) is 3. The molecule has 0 radical (unpaired) electrons. The summed E-state index contributed by atoms with van der Waals surface area (Å²) in [5.41, 5.74) is 0. The predicted molar refractivity (Wildman–Crippen MR) is 80.4 cm³/mol. The highest BCUT2D eigenvalue weighted by atomic mass is 32.2. The van der Waals surface area contributed by atoms with Crippen LogP contribution in [0.2, 0.25) is 0 Å². The quantitative estimate of drug-likeness (QED) is 0.774. The van der Waals surface area contributed by atoms with Gasteiger partial charge in [-0.3, -0.25) is 4.79 Å². The van der Waals surface area contributed by atoms with Gasteiger partial charge in [-0.1, -0.05) is 11.8 Å². The maximum absolute atomic E-state index is 11.9. The van der Waals surface area contributed by atoms with Crippen molar-refractivity contribution in [2.45, 2.75) is 56.3 Å². The zero-order valence-electron chi connectivity index (χ0n) is 12.4. The Bertz CT molecular complexity index is 495. The minimum atomic E-state index is 0.0362. The minimum Gasteiger partial charge on any atom is -0.376 e. The number of hydrogen-bond acceptors (Lipinski definition) is 5. The normalized spacial score (nSPS) is 21.7. The lowest BCUT2D eigenvalue weighted by Gasteiger charge is -2.10. The molecule has 1 saturated heterocycles. The first-order valence-corrected chi connectivity index (χ1v) is 8.70. The molecule has 6 nitrogen and oxygen atoms in total. The lowest BCUT2D eigenvalue weighted by Crippen LogP contribution is -2.32. The van der Waals surface area contributed by atoms with E-state index < -0.39 is 0 Å². The number of carbonyl (C=O) groups excluding carboxylic acids is 1. The standard InChI is InChI=1S/C14H22N4O2S/c1-2-18-13(10-5-6-10)16-17-14(18)21-9-12(19)15-8-11-4-3-7-20-11/h10-11H,2-9H2,1H3,(H,15,19)/t11-/m0/s1. The molecule has 0 bridgehead atoms. The lowest BCUT2D eigenvalue weighted by atomic mass is 10.2.